The zero-order chi connectivity index (χ0) is 12.0. The Morgan fingerprint density at radius 2 is 2.25 bits per heavy atom. The minimum absolute atomic E-state index is 0.414. The van der Waals surface area contributed by atoms with Gasteiger partial charge in [-0.2, -0.15) is 0 Å². The predicted molar refractivity (Wildman–Crippen MR) is 74.7 cm³/mol. The molecule has 0 aliphatic rings. The number of rotatable bonds is 6. The van der Waals surface area contributed by atoms with Crippen LogP contribution in [-0.2, 0) is 0 Å². The van der Waals surface area contributed by atoms with Gasteiger partial charge in [0.15, 0.2) is 0 Å². The highest BCUT2D eigenvalue weighted by molar-refractivity contribution is 9.10. The average molecular weight is 282 g/mol. The second-order valence-electron chi connectivity index (χ2n) is 3.95. The number of nitrogens with one attached hydrogen (secondary N) is 1. The molecule has 0 fully saturated rings. The number of halogens is 1. The Balaban J connectivity index is 2.90. The van der Waals surface area contributed by atoms with Crippen molar-refractivity contribution in [2.75, 3.05) is 6.54 Å². The molecule has 0 aliphatic carbocycles. The lowest BCUT2D eigenvalue weighted by Gasteiger charge is -2.20. The number of hydrogen-bond donors (Lipinski definition) is 1. The van der Waals surface area contributed by atoms with E-state index < -0.39 is 0 Å². The van der Waals surface area contributed by atoms with Gasteiger partial charge in [0.05, 0.1) is 0 Å². The second kappa shape index (κ2) is 6.87. The Hall–Kier alpha value is -0.600. The molecule has 0 saturated heterocycles. The van der Waals surface area contributed by atoms with Gasteiger partial charge in [0.1, 0.15) is 0 Å². The summed E-state index contributed by atoms with van der Waals surface area (Å²) in [7, 11) is 0. The maximum Gasteiger partial charge on any atom is 0.0334 e. The molecular weight excluding hydrogens is 262 g/mol. The second-order valence-corrected chi connectivity index (χ2v) is 4.75. The fourth-order valence-electron chi connectivity index (χ4n) is 1.84. The third kappa shape index (κ3) is 3.46. The number of benzene rings is 1. The van der Waals surface area contributed by atoms with Crippen molar-refractivity contribution in [1.29, 1.82) is 0 Å². The van der Waals surface area contributed by atoms with E-state index in [0.717, 1.165) is 19.4 Å². The number of allylic oxidation sites excluding steroid dienone is 1. The first-order valence-electron chi connectivity index (χ1n) is 5.80. The fraction of sp³-hybridized carbons (Fsp3) is 0.429. The van der Waals surface area contributed by atoms with Crippen LogP contribution in [0.1, 0.15) is 36.9 Å². The van der Waals surface area contributed by atoms with E-state index in [9.17, 15) is 0 Å². The molecule has 2 heteroatoms. The van der Waals surface area contributed by atoms with Crippen LogP contribution in [0.4, 0.5) is 0 Å². The van der Waals surface area contributed by atoms with E-state index in [1.54, 1.807) is 0 Å². The molecule has 0 heterocycles. The maximum absolute atomic E-state index is 3.79. The molecule has 1 aromatic carbocycles. The molecule has 1 aromatic rings. The van der Waals surface area contributed by atoms with Crippen LogP contribution in [0.5, 0.6) is 0 Å². The molecule has 1 nitrogen and oxygen atoms in total. The highest BCUT2D eigenvalue weighted by Crippen LogP contribution is 2.29. The summed E-state index contributed by atoms with van der Waals surface area (Å²) in [6.45, 7) is 9.05. The summed E-state index contributed by atoms with van der Waals surface area (Å²) >= 11 is 3.68. The zero-order valence-electron chi connectivity index (χ0n) is 10.1. The molecule has 0 spiro atoms. The molecule has 0 aromatic heterocycles. The Bertz CT molecular complexity index is 347. The molecule has 0 bridgehead atoms. The third-order valence-electron chi connectivity index (χ3n) is 2.71. The van der Waals surface area contributed by atoms with Crippen molar-refractivity contribution < 1.29 is 0 Å². The molecule has 16 heavy (non-hydrogen) atoms. The number of hydrogen-bond acceptors (Lipinski definition) is 1. The van der Waals surface area contributed by atoms with E-state index in [-0.39, 0.29) is 0 Å². The van der Waals surface area contributed by atoms with Crippen LogP contribution >= 0.6 is 15.9 Å². The van der Waals surface area contributed by atoms with Crippen molar-refractivity contribution in [2.45, 2.75) is 32.7 Å². The normalized spacial score (nSPS) is 12.4. The van der Waals surface area contributed by atoms with E-state index >= 15 is 0 Å². The molecule has 88 valence electrons. The lowest BCUT2D eigenvalue weighted by molar-refractivity contribution is 0.518. The monoisotopic (exact) mass is 281 g/mol. The van der Waals surface area contributed by atoms with Crippen LogP contribution in [-0.4, -0.2) is 6.54 Å². The third-order valence-corrected chi connectivity index (χ3v) is 3.79. The van der Waals surface area contributed by atoms with E-state index in [1.165, 1.54) is 15.6 Å². The fourth-order valence-corrected chi connectivity index (χ4v) is 2.38. The summed E-state index contributed by atoms with van der Waals surface area (Å²) in [5.74, 6) is 0. The lowest BCUT2D eigenvalue weighted by Crippen LogP contribution is -2.21. The number of aryl methyl sites for hydroxylation is 1. The smallest absolute Gasteiger partial charge is 0.0334 e. The van der Waals surface area contributed by atoms with Gasteiger partial charge in [0, 0.05) is 10.5 Å². The van der Waals surface area contributed by atoms with Crippen molar-refractivity contribution in [3.05, 3.63) is 46.5 Å². The summed E-state index contributed by atoms with van der Waals surface area (Å²) in [6, 6.07) is 6.85. The van der Waals surface area contributed by atoms with Gasteiger partial charge in [-0.25, -0.2) is 0 Å². The Morgan fingerprint density at radius 3 is 2.88 bits per heavy atom. The van der Waals surface area contributed by atoms with Crippen LogP contribution in [0.25, 0.3) is 0 Å². The largest absolute Gasteiger partial charge is 0.310 e. The van der Waals surface area contributed by atoms with Gasteiger partial charge in [0.2, 0.25) is 0 Å². The molecule has 0 aliphatic heterocycles. The molecule has 1 N–H and O–H groups in total. The van der Waals surface area contributed by atoms with Crippen LogP contribution in [0, 0.1) is 6.92 Å². The Morgan fingerprint density at radius 1 is 1.50 bits per heavy atom. The minimum atomic E-state index is 0.414. The van der Waals surface area contributed by atoms with Gasteiger partial charge in [0.25, 0.3) is 0 Å². The SMILES string of the molecule is C=CCCC(NCC)c1cccc(C)c1Br. The average Bonchev–Trinajstić information content (AvgIpc) is 2.28. The maximum atomic E-state index is 3.79. The summed E-state index contributed by atoms with van der Waals surface area (Å²) in [4.78, 5) is 0. The van der Waals surface area contributed by atoms with Gasteiger partial charge >= 0.3 is 0 Å². The zero-order valence-corrected chi connectivity index (χ0v) is 11.7. The first kappa shape index (κ1) is 13.5. The van der Waals surface area contributed by atoms with Crippen LogP contribution in [0.3, 0.4) is 0 Å². The quantitative estimate of drug-likeness (QED) is 0.764. The molecule has 1 atom stereocenters. The molecular formula is C14H20BrN. The van der Waals surface area contributed by atoms with E-state index in [0.29, 0.717) is 6.04 Å². The van der Waals surface area contributed by atoms with E-state index in [1.807, 2.05) is 6.08 Å². The molecule has 0 radical (unpaired) electrons. The highest BCUT2D eigenvalue weighted by Gasteiger charge is 2.13. The van der Waals surface area contributed by atoms with Crippen molar-refractivity contribution in [1.82, 2.24) is 5.32 Å². The van der Waals surface area contributed by atoms with Gasteiger partial charge in [-0.1, -0.05) is 47.1 Å². The molecule has 1 unspecified atom stereocenters. The van der Waals surface area contributed by atoms with Crippen molar-refractivity contribution in [3.63, 3.8) is 0 Å². The van der Waals surface area contributed by atoms with E-state index in [2.05, 4.69) is 59.9 Å². The van der Waals surface area contributed by atoms with Crippen LogP contribution in [0.2, 0.25) is 0 Å². The summed E-state index contributed by atoms with van der Waals surface area (Å²) in [5, 5.41) is 3.52. The minimum Gasteiger partial charge on any atom is -0.310 e. The summed E-state index contributed by atoms with van der Waals surface area (Å²) in [5.41, 5.74) is 2.64. The van der Waals surface area contributed by atoms with Crippen LogP contribution in [0.15, 0.2) is 35.3 Å². The topological polar surface area (TPSA) is 12.0 Å². The van der Waals surface area contributed by atoms with Gasteiger partial charge in [-0.05, 0) is 37.4 Å². The highest BCUT2D eigenvalue weighted by atomic mass is 79.9. The van der Waals surface area contributed by atoms with Gasteiger partial charge < -0.3 is 5.32 Å². The molecule has 1 rings (SSSR count). The molecule has 0 amide bonds. The molecule has 0 saturated carbocycles. The van der Waals surface area contributed by atoms with Crippen molar-refractivity contribution in [2.24, 2.45) is 0 Å². The first-order valence-corrected chi connectivity index (χ1v) is 6.59. The lowest BCUT2D eigenvalue weighted by atomic mass is 10.00. The summed E-state index contributed by atoms with van der Waals surface area (Å²) in [6.07, 6.45) is 4.12. The van der Waals surface area contributed by atoms with Crippen molar-refractivity contribution >= 4 is 15.9 Å². The summed E-state index contributed by atoms with van der Waals surface area (Å²) < 4.78 is 1.23. The first-order chi connectivity index (χ1) is 7.70. The Labute approximate surface area is 107 Å². The predicted octanol–water partition coefficient (Wildman–Crippen LogP) is 4.37. The Kier molecular flexibility index (Phi) is 5.78. The van der Waals surface area contributed by atoms with Gasteiger partial charge in [-0.3, -0.25) is 0 Å². The van der Waals surface area contributed by atoms with Gasteiger partial charge in [-0.15, -0.1) is 6.58 Å². The van der Waals surface area contributed by atoms with E-state index in [4.69, 9.17) is 0 Å². The van der Waals surface area contributed by atoms with Crippen molar-refractivity contribution in [3.8, 4) is 0 Å². The standard InChI is InChI=1S/C14H20BrN/c1-4-6-10-13(16-5-2)12-9-7-8-11(3)14(12)15/h4,7-9,13,16H,1,5-6,10H2,2-3H3. The van der Waals surface area contributed by atoms with Crippen LogP contribution < -0.4 is 5.32 Å².